The van der Waals surface area contributed by atoms with Crippen LogP contribution in [0.25, 0.3) is 0 Å². The molecule has 1 aromatic heterocycles. The van der Waals surface area contributed by atoms with Gasteiger partial charge in [0.15, 0.2) is 0 Å². The molecule has 3 aromatic carbocycles. The number of nitrogens with one attached hydrogen (secondary N) is 2. The molecule has 0 bridgehead atoms. The van der Waals surface area contributed by atoms with Gasteiger partial charge >= 0.3 is 0 Å². The predicted octanol–water partition coefficient (Wildman–Crippen LogP) is 5.95. The first kappa shape index (κ1) is 24.6. The summed E-state index contributed by atoms with van der Waals surface area (Å²) in [6.45, 7) is 3.80. The second-order valence-electron chi connectivity index (χ2n) is 8.65. The number of allylic oxidation sites excluding steroid dienone is 1. The Kier molecular flexibility index (Phi) is 6.96. The Balaban J connectivity index is 1.52. The summed E-state index contributed by atoms with van der Waals surface area (Å²) < 4.78 is 21.3. The average molecular weight is 516 g/mol. The van der Waals surface area contributed by atoms with Crippen molar-refractivity contribution in [3.8, 4) is 5.75 Å². The molecule has 2 heterocycles. The zero-order chi connectivity index (χ0) is 25.9. The summed E-state index contributed by atoms with van der Waals surface area (Å²) in [5, 5.41) is 11.5. The van der Waals surface area contributed by atoms with Crippen LogP contribution in [0.15, 0.2) is 89.2 Å². The van der Waals surface area contributed by atoms with E-state index in [1.807, 2.05) is 62.4 Å². The van der Waals surface area contributed by atoms with E-state index in [0.29, 0.717) is 39.4 Å². The normalized spacial score (nSPS) is 14.6. The summed E-state index contributed by atoms with van der Waals surface area (Å²) in [4.78, 5) is 18.3. The van der Waals surface area contributed by atoms with Crippen molar-refractivity contribution in [2.24, 2.45) is 0 Å². The zero-order valence-electron chi connectivity index (χ0n) is 20.7. The number of hydrogen-bond acceptors (Lipinski definition) is 6. The topological polar surface area (TPSA) is 81.1 Å². The highest BCUT2D eigenvalue weighted by atomic mass is 32.2. The number of carbonyl (C=O) groups excluding carboxylic acids is 1. The molecule has 0 aliphatic carbocycles. The molecule has 1 unspecified atom stereocenters. The lowest BCUT2D eigenvalue weighted by Crippen LogP contribution is -2.31. The highest BCUT2D eigenvalue weighted by Crippen LogP contribution is 2.38. The molecule has 0 fully saturated rings. The van der Waals surface area contributed by atoms with Crippen molar-refractivity contribution in [1.82, 2.24) is 14.8 Å². The number of para-hydroxylation sites is 1. The number of anilines is 2. The van der Waals surface area contributed by atoms with E-state index in [1.54, 1.807) is 30.0 Å². The van der Waals surface area contributed by atoms with Crippen molar-refractivity contribution < 1.29 is 13.9 Å². The Hall–Kier alpha value is -4.11. The van der Waals surface area contributed by atoms with Gasteiger partial charge in [-0.25, -0.2) is 9.07 Å². The maximum Gasteiger partial charge on any atom is 0.255 e. The SMILES string of the molecule is COc1cccc(C2C(C(=O)Nc3ccccc3C)=C(C)Nc3nc(SCc4ccccc4F)nn32)c1. The van der Waals surface area contributed by atoms with Crippen molar-refractivity contribution in [2.45, 2.75) is 30.8 Å². The first-order valence-electron chi connectivity index (χ1n) is 11.8. The Morgan fingerprint density at radius 3 is 2.68 bits per heavy atom. The molecule has 1 aliphatic rings. The van der Waals surface area contributed by atoms with Crippen molar-refractivity contribution in [2.75, 3.05) is 17.7 Å². The summed E-state index contributed by atoms with van der Waals surface area (Å²) >= 11 is 1.33. The molecule has 1 aliphatic heterocycles. The van der Waals surface area contributed by atoms with Gasteiger partial charge in [0.05, 0.1) is 12.7 Å². The Labute approximate surface area is 218 Å². The summed E-state index contributed by atoms with van der Waals surface area (Å²) in [6.07, 6.45) is 0. The number of nitrogens with zero attached hydrogens (tertiary/aromatic N) is 3. The van der Waals surface area contributed by atoms with Crippen LogP contribution in [0.2, 0.25) is 0 Å². The van der Waals surface area contributed by atoms with E-state index in [9.17, 15) is 9.18 Å². The standard InChI is InChI=1S/C28H26FN5O2S/c1-17-9-4-7-14-23(17)31-26(35)24-18(2)30-27-32-28(37-16-20-10-5-6-13-22(20)29)33-34(27)25(24)19-11-8-12-21(15-19)36-3/h4-15,25H,16H2,1-3H3,(H,31,35)(H,30,32,33). The Bertz CT molecular complexity index is 1500. The molecule has 0 radical (unpaired) electrons. The molecular formula is C28H26FN5O2S. The molecule has 1 amide bonds. The van der Waals surface area contributed by atoms with Gasteiger partial charge in [-0.3, -0.25) is 4.79 Å². The molecule has 2 N–H and O–H groups in total. The van der Waals surface area contributed by atoms with Gasteiger partial charge in [0.2, 0.25) is 11.1 Å². The van der Waals surface area contributed by atoms with Gasteiger partial charge in [-0.2, -0.15) is 4.98 Å². The van der Waals surface area contributed by atoms with Crippen molar-refractivity contribution in [3.63, 3.8) is 0 Å². The van der Waals surface area contributed by atoms with Gasteiger partial charge in [0.25, 0.3) is 5.91 Å². The van der Waals surface area contributed by atoms with E-state index < -0.39 is 6.04 Å². The van der Waals surface area contributed by atoms with E-state index in [-0.39, 0.29) is 11.7 Å². The van der Waals surface area contributed by atoms with Crippen LogP contribution in [-0.2, 0) is 10.5 Å². The highest BCUT2D eigenvalue weighted by molar-refractivity contribution is 7.98. The number of benzene rings is 3. The maximum absolute atomic E-state index is 14.1. The highest BCUT2D eigenvalue weighted by Gasteiger charge is 2.34. The minimum Gasteiger partial charge on any atom is -0.497 e. The van der Waals surface area contributed by atoms with Crippen LogP contribution in [0.4, 0.5) is 16.0 Å². The fraction of sp³-hybridized carbons (Fsp3) is 0.179. The van der Waals surface area contributed by atoms with E-state index in [0.717, 1.165) is 16.8 Å². The maximum atomic E-state index is 14.1. The van der Waals surface area contributed by atoms with E-state index in [2.05, 4.69) is 15.6 Å². The van der Waals surface area contributed by atoms with Gasteiger partial charge in [0.1, 0.15) is 17.6 Å². The molecule has 0 saturated heterocycles. The number of halogens is 1. The minimum absolute atomic E-state index is 0.242. The van der Waals surface area contributed by atoms with Gasteiger partial charge < -0.3 is 15.4 Å². The minimum atomic E-state index is -0.550. The number of rotatable bonds is 7. The van der Waals surface area contributed by atoms with Gasteiger partial charge in [-0.15, -0.1) is 5.10 Å². The predicted molar refractivity (Wildman–Crippen MR) is 143 cm³/mol. The molecule has 4 aromatic rings. The number of carbonyl (C=O) groups is 1. The van der Waals surface area contributed by atoms with Crippen molar-refractivity contribution >= 4 is 29.3 Å². The van der Waals surface area contributed by atoms with Gasteiger partial charge in [-0.1, -0.05) is 60.3 Å². The number of thioether (sulfide) groups is 1. The van der Waals surface area contributed by atoms with Crippen LogP contribution in [0, 0.1) is 12.7 Å². The summed E-state index contributed by atoms with van der Waals surface area (Å²) in [5.41, 5.74) is 4.29. The third kappa shape index (κ3) is 5.08. The van der Waals surface area contributed by atoms with Crippen molar-refractivity contribution in [1.29, 1.82) is 0 Å². The third-order valence-electron chi connectivity index (χ3n) is 6.20. The van der Waals surface area contributed by atoms with Crippen LogP contribution >= 0.6 is 11.8 Å². The lowest BCUT2D eigenvalue weighted by atomic mass is 9.94. The molecule has 9 heteroatoms. The Morgan fingerprint density at radius 1 is 1.11 bits per heavy atom. The van der Waals surface area contributed by atoms with Crippen LogP contribution in [-0.4, -0.2) is 27.8 Å². The molecule has 0 spiro atoms. The quantitative estimate of drug-likeness (QED) is 0.296. The molecule has 37 heavy (non-hydrogen) atoms. The summed E-state index contributed by atoms with van der Waals surface area (Å²) in [5.74, 6) is 1.05. The second-order valence-corrected chi connectivity index (χ2v) is 9.60. The molecule has 5 rings (SSSR count). The fourth-order valence-corrected chi connectivity index (χ4v) is 5.08. The number of methoxy groups -OCH3 is 1. The second kappa shape index (κ2) is 10.5. The number of fused-ring (bicyclic) bond motifs is 1. The van der Waals surface area contributed by atoms with Crippen LogP contribution in [0.5, 0.6) is 5.75 Å². The molecular weight excluding hydrogens is 489 g/mol. The smallest absolute Gasteiger partial charge is 0.255 e. The Morgan fingerprint density at radius 2 is 1.89 bits per heavy atom. The molecule has 1 atom stereocenters. The van der Waals surface area contributed by atoms with E-state index in [1.165, 1.54) is 17.8 Å². The zero-order valence-corrected chi connectivity index (χ0v) is 21.5. The number of aryl methyl sites for hydroxylation is 1. The van der Waals surface area contributed by atoms with Crippen molar-refractivity contribution in [3.05, 3.63) is 107 Å². The van der Waals surface area contributed by atoms with Gasteiger partial charge in [-0.05, 0) is 54.8 Å². The first-order valence-corrected chi connectivity index (χ1v) is 12.7. The van der Waals surface area contributed by atoms with Crippen LogP contribution < -0.4 is 15.4 Å². The lowest BCUT2D eigenvalue weighted by Gasteiger charge is -2.29. The molecule has 0 saturated carbocycles. The first-order chi connectivity index (χ1) is 17.9. The van der Waals surface area contributed by atoms with E-state index >= 15 is 0 Å². The molecule has 7 nitrogen and oxygen atoms in total. The number of amides is 1. The van der Waals surface area contributed by atoms with Crippen LogP contribution in [0.3, 0.4) is 0 Å². The number of aromatic nitrogens is 3. The monoisotopic (exact) mass is 515 g/mol. The third-order valence-corrected chi connectivity index (χ3v) is 7.08. The summed E-state index contributed by atoms with van der Waals surface area (Å²) in [6, 6.07) is 21.3. The fourth-order valence-electron chi connectivity index (χ4n) is 4.27. The van der Waals surface area contributed by atoms with Gasteiger partial charge in [0, 0.05) is 17.1 Å². The number of hydrogen-bond donors (Lipinski definition) is 2. The van der Waals surface area contributed by atoms with E-state index in [4.69, 9.17) is 9.84 Å². The lowest BCUT2D eigenvalue weighted by molar-refractivity contribution is -0.113. The number of ether oxygens (including phenoxy) is 1. The average Bonchev–Trinajstić information content (AvgIpc) is 3.31. The molecule has 188 valence electrons. The largest absolute Gasteiger partial charge is 0.497 e. The van der Waals surface area contributed by atoms with Crippen LogP contribution in [0.1, 0.15) is 29.7 Å². The summed E-state index contributed by atoms with van der Waals surface area (Å²) in [7, 11) is 1.60.